The first-order valence-corrected chi connectivity index (χ1v) is 12.2. The van der Waals surface area contributed by atoms with Crippen molar-refractivity contribution in [3.05, 3.63) is 89.5 Å². The minimum absolute atomic E-state index is 0.0466. The van der Waals surface area contributed by atoms with Crippen LogP contribution in [-0.4, -0.2) is 37.2 Å². The molecule has 0 radical (unpaired) electrons. The maximum Gasteiger partial charge on any atom is 0.416 e. The molecule has 6 heteroatoms. The van der Waals surface area contributed by atoms with E-state index >= 15 is 0 Å². The summed E-state index contributed by atoms with van der Waals surface area (Å²) in [7, 11) is 1.70. The normalized spacial score (nSPS) is 23.9. The van der Waals surface area contributed by atoms with Crippen molar-refractivity contribution in [3.63, 3.8) is 0 Å². The minimum atomic E-state index is -4.34. The topological polar surface area (TPSA) is 24.5 Å². The van der Waals surface area contributed by atoms with Gasteiger partial charge in [-0.15, -0.1) is 0 Å². The van der Waals surface area contributed by atoms with Crippen molar-refractivity contribution < 1.29 is 17.9 Å². The van der Waals surface area contributed by atoms with Crippen molar-refractivity contribution in [1.82, 2.24) is 10.2 Å². The van der Waals surface area contributed by atoms with Crippen LogP contribution >= 0.6 is 0 Å². The lowest BCUT2D eigenvalue weighted by Crippen LogP contribution is -2.66. The molecule has 1 unspecified atom stereocenters. The molecule has 0 aromatic heterocycles. The van der Waals surface area contributed by atoms with Gasteiger partial charge in [0.05, 0.1) is 12.7 Å². The van der Waals surface area contributed by atoms with Gasteiger partial charge in [0.2, 0.25) is 0 Å². The highest BCUT2D eigenvalue weighted by atomic mass is 19.4. The molecule has 6 rings (SSSR count). The first-order chi connectivity index (χ1) is 16.9. The van der Waals surface area contributed by atoms with Crippen LogP contribution in [0.15, 0.2) is 72.8 Å². The van der Waals surface area contributed by atoms with Crippen molar-refractivity contribution in [3.8, 4) is 16.9 Å². The number of hydrogen-bond acceptors (Lipinski definition) is 3. The molecule has 3 aliphatic rings. The molecule has 3 fully saturated rings. The molecule has 2 bridgehead atoms. The molecule has 35 heavy (non-hydrogen) atoms. The van der Waals surface area contributed by atoms with E-state index in [4.69, 9.17) is 4.74 Å². The fourth-order valence-corrected chi connectivity index (χ4v) is 5.81. The lowest BCUT2D eigenvalue weighted by molar-refractivity contribution is -0.137. The largest absolute Gasteiger partial charge is 0.496 e. The van der Waals surface area contributed by atoms with Crippen LogP contribution in [0.3, 0.4) is 0 Å². The molecule has 3 aromatic carbocycles. The fourth-order valence-electron chi connectivity index (χ4n) is 5.81. The molecule has 0 spiro atoms. The maximum absolute atomic E-state index is 13.1. The van der Waals surface area contributed by atoms with Crippen molar-refractivity contribution >= 4 is 0 Å². The van der Waals surface area contributed by atoms with Crippen LogP contribution in [0, 0.1) is 5.92 Å². The van der Waals surface area contributed by atoms with E-state index in [9.17, 15) is 13.2 Å². The van der Waals surface area contributed by atoms with Gasteiger partial charge in [-0.1, -0.05) is 54.6 Å². The molecule has 3 aromatic rings. The van der Waals surface area contributed by atoms with Gasteiger partial charge in [-0.25, -0.2) is 0 Å². The van der Waals surface area contributed by atoms with Crippen molar-refractivity contribution in [2.24, 2.45) is 5.92 Å². The van der Waals surface area contributed by atoms with E-state index < -0.39 is 11.7 Å². The zero-order valence-corrected chi connectivity index (χ0v) is 19.9. The highest BCUT2D eigenvalue weighted by Gasteiger charge is 2.46. The molecule has 1 atom stereocenters. The second-order valence-corrected chi connectivity index (χ2v) is 9.82. The summed E-state index contributed by atoms with van der Waals surface area (Å²) in [4.78, 5) is 2.55. The predicted molar refractivity (Wildman–Crippen MR) is 132 cm³/mol. The summed E-state index contributed by atoms with van der Waals surface area (Å²) < 4.78 is 45.0. The summed E-state index contributed by atoms with van der Waals surface area (Å²) in [6.07, 6.45) is -1.10. The highest BCUT2D eigenvalue weighted by Crippen LogP contribution is 2.39. The molecular formula is C29H31F3N2O. The van der Waals surface area contributed by atoms with Crippen LogP contribution in [0.4, 0.5) is 13.2 Å². The number of methoxy groups -OCH3 is 1. The number of hydrogen-bond donors (Lipinski definition) is 1. The lowest BCUT2D eigenvalue weighted by Gasteiger charge is -2.54. The average molecular weight is 481 g/mol. The zero-order chi connectivity index (χ0) is 24.5. The molecule has 3 aliphatic heterocycles. The second kappa shape index (κ2) is 9.67. The number of halogens is 3. The van der Waals surface area contributed by atoms with Gasteiger partial charge < -0.3 is 15.0 Å². The van der Waals surface area contributed by atoms with Crippen LogP contribution in [0.2, 0.25) is 0 Å². The summed E-state index contributed by atoms with van der Waals surface area (Å²) >= 11 is 0. The van der Waals surface area contributed by atoms with Crippen molar-refractivity contribution in [2.45, 2.75) is 37.5 Å². The van der Waals surface area contributed by atoms with Crippen LogP contribution in [0.1, 0.15) is 29.5 Å². The third kappa shape index (κ3) is 5.09. The Bertz CT molecular complexity index is 1150. The smallest absolute Gasteiger partial charge is 0.416 e. The van der Waals surface area contributed by atoms with E-state index in [0.29, 0.717) is 11.5 Å². The quantitative estimate of drug-likeness (QED) is 0.437. The number of rotatable bonds is 7. The number of fused-ring (bicyclic) bond motifs is 3. The van der Waals surface area contributed by atoms with Gasteiger partial charge in [-0.05, 0) is 73.2 Å². The van der Waals surface area contributed by atoms with E-state index in [1.807, 2.05) is 30.3 Å². The molecule has 0 saturated carbocycles. The lowest BCUT2D eigenvalue weighted by atomic mass is 9.69. The van der Waals surface area contributed by atoms with Crippen LogP contribution in [0.25, 0.3) is 11.1 Å². The van der Waals surface area contributed by atoms with Gasteiger partial charge in [-0.3, -0.25) is 0 Å². The summed E-state index contributed by atoms with van der Waals surface area (Å²) in [5.41, 5.74) is 3.05. The Morgan fingerprint density at radius 3 is 2.34 bits per heavy atom. The molecule has 3 saturated heterocycles. The van der Waals surface area contributed by atoms with Crippen LogP contribution in [0.5, 0.6) is 5.75 Å². The first kappa shape index (κ1) is 23.9. The molecule has 3 nitrogen and oxygen atoms in total. The van der Waals surface area contributed by atoms with E-state index in [0.717, 1.165) is 55.5 Å². The summed E-state index contributed by atoms with van der Waals surface area (Å²) in [6, 6.07) is 21.7. The summed E-state index contributed by atoms with van der Waals surface area (Å²) in [5.74, 6) is 1.48. The van der Waals surface area contributed by atoms with E-state index in [1.54, 1.807) is 13.2 Å². The van der Waals surface area contributed by atoms with Gasteiger partial charge >= 0.3 is 6.18 Å². The molecule has 1 N–H and O–H groups in total. The van der Waals surface area contributed by atoms with Gasteiger partial charge in [0.15, 0.2) is 0 Å². The number of nitrogens with zero attached hydrogens (tertiary/aromatic N) is 1. The molecule has 0 aliphatic carbocycles. The Morgan fingerprint density at radius 2 is 1.69 bits per heavy atom. The number of alkyl halides is 3. The SMILES string of the molecule is COc1ccccc1CNC1(Cc2ccc(-c3cccc(C(F)(F)F)c3)cc2)CN2CCC1CC2. The Morgan fingerprint density at radius 1 is 0.943 bits per heavy atom. The van der Waals surface area contributed by atoms with Gasteiger partial charge in [0.25, 0.3) is 0 Å². The van der Waals surface area contributed by atoms with Crippen molar-refractivity contribution in [2.75, 3.05) is 26.7 Å². The Kier molecular flexibility index (Phi) is 6.60. The Labute approximate surface area is 204 Å². The standard InChI is InChI=1S/C29H31F3N2O/c1-35-27-8-3-2-5-24(27)19-33-28(20-34-15-13-25(28)14-16-34)18-21-9-11-22(12-10-21)23-6-4-7-26(17-23)29(30,31)32/h2-12,17,25,33H,13-16,18-20H2,1H3. The third-order valence-corrected chi connectivity index (χ3v) is 7.69. The monoisotopic (exact) mass is 480 g/mol. The average Bonchev–Trinajstić information content (AvgIpc) is 2.88. The highest BCUT2D eigenvalue weighted by molar-refractivity contribution is 5.64. The van der Waals surface area contributed by atoms with Crippen molar-refractivity contribution in [1.29, 1.82) is 0 Å². The summed E-state index contributed by atoms with van der Waals surface area (Å²) in [5, 5.41) is 3.93. The van der Waals surface area contributed by atoms with Crippen LogP contribution < -0.4 is 10.1 Å². The number of ether oxygens (including phenoxy) is 1. The molecule has 0 amide bonds. The third-order valence-electron chi connectivity index (χ3n) is 7.69. The van der Waals surface area contributed by atoms with E-state index in [1.165, 1.54) is 30.5 Å². The number of piperidine rings is 3. The van der Waals surface area contributed by atoms with E-state index in [-0.39, 0.29) is 5.54 Å². The van der Waals surface area contributed by atoms with Gasteiger partial charge in [-0.2, -0.15) is 13.2 Å². The maximum atomic E-state index is 13.1. The predicted octanol–water partition coefficient (Wildman–Crippen LogP) is 6.18. The fraction of sp³-hybridized carbons (Fsp3) is 0.379. The summed E-state index contributed by atoms with van der Waals surface area (Å²) in [6.45, 7) is 4.04. The van der Waals surface area contributed by atoms with Gasteiger partial charge in [0.1, 0.15) is 5.75 Å². The second-order valence-electron chi connectivity index (χ2n) is 9.82. The minimum Gasteiger partial charge on any atom is -0.496 e. The number of benzene rings is 3. The van der Waals surface area contributed by atoms with E-state index in [2.05, 4.69) is 28.4 Å². The van der Waals surface area contributed by atoms with Gasteiger partial charge in [0, 0.05) is 24.2 Å². The zero-order valence-electron chi connectivity index (χ0n) is 19.9. The number of para-hydroxylation sites is 1. The Hall–Kier alpha value is -2.83. The molecular weight excluding hydrogens is 449 g/mol. The first-order valence-electron chi connectivity index (χ1n) is 12.2. The Balaban J connectivity index is 1.37. The van der Waals surface area contributed by atoms with Crippen LogP contribution in [-0.2, 0) is 19.1 Å². The molecule has 184 valence electrons. The number of nitrogens with one attached hydrogen (secondary N) is 1. The molecule has 3 heterocycles.